The third-order valence-corrected chi connectivity index (χ3v) is 10.6. The second-order valence-electron chi connectivity index (χ2n) is 13.4. The number of benzene rings is 3. The summed E-state index contributed by atoms with van der Waals surface area (Å²) in [4.78, 5) is 76.1. The van der Waals surface area contributed by atoms with E-state index >= 15 is 0 Å². The van der Waals surface area contributed by atoms with Crippen LogP contribution < -0.4 is 26.2 Å². The molecule has 1 heterocycles. The molecule has 4 atom stereocenters. The number of nitrogens with two attached hydrogens (primary N) is 1. The van der Waals surface area contributed by atoms with Crippen molar-refractivity contribution in [3.63, 3.8) is 0 Å². The van der Waals surface area contributed by atoms with Crippen molar-refractivity contribution in [2.45, 2.75) is 76.6 Å². The summed E-state index contributed by atoms with van der Waals surface area (Å²) in [6.45, 7) is 3.59. The van der Waals surface area contributed by atoms with E-state index in [1.807, 2.05) is 13.0 Å². The maximum Gasteiger partial charge on any atom is 0.524 e. The molecule has 54 heavy (non-hydrogen) atoms. The average molecular weight is 803 g/mol. The molecule has 14 nitrogen and oxygen atoms in total. The molecule has 1 aliphatic rings. The maximum absolute atomic E-state index is 14.4. The van der Waals surface area contributed by atoms with E-state index in [-0.39, 0.29) is 44.0 Å². The fraction of sp³-hybridized carbons (Fsp3) is 0.351. The molecule has 4 aromatic rings. The van der Waals surface area contributed by atoms with Crippen molar-refractivity contribution in [3.8, 4) is 5.75 Å². The SMILES string of the molecule is CCC(C)C(NC(=O)C1(NC(=O)C(CCc2ccc(OP(=O)(O)O)cc2)NC(=O)OCc2ccccc2)CCc2[nH]c3c(Cl)cc(Cl)cc3c2C1)C(N)=O. The van der Waals surface area contributed by atoms with Crippen molar-refractivity contribution in [1.29, 1.82) is 0 Å². The Kier molecular flexibility index (Phi) is 13.0. The zero-order valence-electron chi connectivity index (χ0n) is 29.6. The van der Waals surface area contributed by atoms with Crippen LogP contribution in [0.15, 0.2) is 66.7 Å². The highest BCUT2D eigenvalue weighted by molar-refractivity contribution is 7.46. The fourth-order valence-corrected chi connectivity index (χ4v) is 7.44. The number of primary amides is 1. The van der Waals surface area contributed by atoms with Crippen molar-refractivity contribution < 1.29 is 42.8 Å². The minimum absolute atomic E-state index is 0.00519. The van der Waals surface area contributed by atoms with Crippen LogP contribution in [-0.2, 0) is 49.6 Å². The fourth-order valence-electron chi connectivity index (χ4n) is 6.50. The lowest BCUT2D eigenvalue weighted by atomic mass is 9.78. The minimum Gasteiger partial charge on any atom is -0.445 e. The zero-order valence-corrected chi connectivity index (χ0v) is 32.0. The maximum atomic E-state index is 14.4. The van der Waals surface area contributed by atoms with E-state index in [2.05, 4.69) is 25.5 Å². The first-order chi connectivity index (χ1) is 25.6. The molecule has 0 bridgehead atoms. The van der Waals surface area contributed by atoms with Gasteiger partial charge in [0.1, 0.15) is 30.0 Å². The highest BCUT2D eigenvalue weighted by atomic mass is 35.5. The molecule has 0 aliphatic heterocycles. The summed E-state index contributed by atoms with van der Waals surface area (Å²) in [6, 6.07) is 15.9. The van der Waals surface area contributed by atoms with Gasteiger partial charge in [0.15, 0.2) is 0 Å². The number of fused-ring (bicyclic) bond motifs is 3. The lowest BCUT2D eigenvalue weighted by Crippen LogP contribution is -2.66. The highest BCUT2D eigenvalue weighted by Crippen LogP contribution is 2.39. The van der Waals surface area contributed by atoms with Gasteiger partial charge in [0.2, 0.25) is 17.7 Å². The summed E-state index contributed by atoms with van der Waals surface area (Å²) in [5.41, 5.74) is 7.65. The summed E-state index contributed by atoms with van der Waals surface area (Å²) >= 11 is 12.9. The number of phosphoric ester groups is 1. The Bertz CT molecular complexity index is 2060. The number of hydrogen-bond acceptors (Lipinski definition) is 7. The third-order valence-electron chi connectivity index (χ3n) is 9.59. The Morgan fingerprint density at radius 2 is 1.72 bits per heavy atom. The first-order valence-corrected chi connectivity index (χ1v) is 19.6. The molecule has 0 saturated heterocycles. The van der Waals surface area contributed by atoms with E-state index in [4.69, 9.17) is 43.5 Å². The summed E-state index contributed by atoms with van der Waals surface area (Å²) in [7, 11) is -4.77. The number of alkyl carbamates (subject to hydrolysis) is 1. The van der Waals surface area contributed by atoms with Gasteiger partial charge in [0.25, 0.3) is 0 Å². The van der Waals surface area contributed by atoms with E-state index in [1.165, 1.54) is 12.1 Å². The van der Waals surface area contributed by atoms with E-state index in [9.17, 15) is 23.7 Å². The lowest BCUT2D eigenvalue weighted by Gasteiger charge is -2.39. The molecule has 17 heteroatoms. The molecule has 0 spiro atoms. The first-order valence-electron chi connectivity index (χ1n) is 17.3. The number of aryl methyl sites for hydroxylation is 2. The van der Waals surface area contributed by atoms with Crippen molar-refractivity contribution in [2.24, 2.45) is 11.7 Å². The van der Waals surface area contributed by atoms with Gasteiger partial charge in [-0.05, 0) is 72.6 Å². The van der Waals surface area contributed by atoms with E-state index in [0.29, 0.717) is 44.9 Å². The van der Waals surface area contributed by atoms with Gasteiger partial charge in [-0.2, -0.15) is 0 Å². The molecule has 1 aromatic heterocycles. The Labute approximate surface area is 321 Å². The minimum atomic E-state index is -4.77. The average Bonchev–Trinajstić information content (AvgIpc) is 3.49. The second kappa shape index (κ2) is 17.3. The number of phosphoric acid groups is 1. The summed E-state index contributed by atoms with van der Waals surface area (Å²) < 4.78 is 21.3. The Morgan fingerprint density at radius 3 is 2.37 bits per heavy atom. The monoisotopic (exact) mass is 801 g/mol. The van der Waals surface area contributed by atoms with Crippen LogP contribution in [0.25, 0.3) is 10.9 Å². The number of nitrogens with one attached hydrogen (secondary N) is 4. The largest absolute Gasteiger partial charge is 0.524 e. The predicted octanol–water partition coefficient (Wildman–Crippen LogP) is 5.23. The molecule has 8 N–H and O–H groups in total. The molecule has 0 fully saturated rings. The number of aromatic amines is 1. The van der Waals surface area contributed by atoms with Gasteiger partial charge in [-0.15, -0.1) is 0 Å². The van der Waals surface area contributed by atoms with Gasteiger partial charge in [-0.3, -0.25) is 24.2 Å². The van der Waals surface area contributed by atoms with Crippen LogP contribution in [0, 0.1) is 5.92 Å². The Balaban J connectivity index is 1.45. The van der Waals surface area contributed by atoms with Crippen molar-refractivity contribution in [1.82, 2.24) is 20.9 Å². The predicted molar refractivity (Wildman–Crippen MR) is 203 cm³/mol. The number of halogens is 2. The molecule has 0 radical (unpaired) electrons. The van der Waals surface area contributed by atoms with Crippen LogP contribution in [-0.4, -0.2) is 56.2 Å². The summed E-state index contributed by atoms with van der Waals surface area (Å²) in [5, 5.41) is 9.83. The van der Waals surface area contributed by atoms with Gasteiger partial charge < -0.3 is 35.9 Å². The topological polar surface area (TPSA) is 222 Å². The smallest absolute Gasteiger partial charge is 0.445 e. The third kappa shape index (κ3) is 10.1. The molecule has 3 aromatic carbocycles. The lowest BCUT2D eigenvalue weighted by molar-refractivity contribution is -0.137. The van der Waals surface area contributed by atoms with E-state index in [0.717, 1.165) is 11.3 Å². The van der Waals surface area contributed by atoms with Gasteiger partial charge in [0, 0.05) is 22.5 Å². The number of rotatable bonds is 15. The molecule has 4 amide bonds. The first kappa shape index (κ1) is 40.6. The molecule has 0 saturated carbocycles. The van der Waals surface area contributed by atoms with Crippen LogP contribution in [0.2, 0.25) is 10.0 Å². The Hall–Kier alpha value is -4.59. The molecular weight excluding hydrogens is 760 g/mol. The number of H-pyrrole nitrogens is 1. The van der Waals surface area contributed by atoms with Crippen molar-refractivity contribution in [3.05, 3.63) is 99.2 Å². The van der Waals surface area contributed by atoms with Crippen molar-refractivity contribution in [2.75, 3.05) is 0 Å². The number of carbonyl (C=O) groups excluding carboxylic acids is 4. The molecule has 288 valence electrons. The summed E-state index contributed by atoms with van der Waals surface area (Å²) in [6.07, 6.45) is 0.344. The zero-order chi connectivity index (χ0) is 39.2. The summed E-state index contributed by atoms with van der Waals surface area (Å²) in [5.74, 6) is -2.41. The van der Waals surface area contributed by atoms with Gasteiger partial charge >= 0.3 is 13.9 Å². The quantitative estimate of drug-likeness (QED) is 0.0781. The van der Waals surface area contributed by atoms with Gasteiger partial charge in [0.05, 0.1) is 10.5 Å². The molecular formula is C37H42Cl2N5O9P. The second-order valence-corrected chi connectivity index (χ2v) is 15.4. The van der Waals surface area contributed by atoms with E-state index in [1.54, 1.807) is 55.5 Å². The molecule has 5 rings (SSSR count). The number of hydrogen-bond donors (Lipinski definition) is 7. The van der Waals surface area contributed by atoms with Crippen LogP contribution >= 0.6 is 31.0 Å². The van der Waals surface area contributed by atoms with Crippen LogP contribution in [0.4, 0.5) is 4.79 Å². The van der Waals surface area contributed by atoms with Crippen LogP contribution in [0.3, 0.4) is 0 Å². The van der Waals surface area contributed by atoms with Crippen LogP contribution in [0.1, 0.15) is 55.5 Å². The highest BCUT2D eigenvalue weighted by Gasteiger charge is 2.46. The number of ether oxygens (including phenoxy) is 1. The van der Waals surface area contributed by atoms with Crippen LogP contribution in [0.5, 0.6) is 5.75 Å². The number of amides is 4. The number of carbonyl (C=O) groups is 4. The normalized spacial score (nSPS) is 17.1. The standard InChI is InChI=1S/C37H42Cl2N5O9P/c1-3-21(2)31(33(40)45)43-35(47)37(16-15-29-27(19-37)26-17-24(38)18-28(39)32(26)41-29)44-34(46)30(42-36(48)52-20-23-7-5-4-6-8-23)14-11-22-9-12-25(13-10-22)53-54(49,50)51/h4-10,12-13,17-18,21,30-31,41H,3,11,14-16,19-20H2,1-2H3,(H2,40,45)(H,42,48)(H,43,47)(H,44,46)(H2,49,50,51). The number of aromatic nitrogens is 1. The van der Waals surface area contributed by atoms with E-state index < -0.39 is 49.3 Å². The molecule has 1 aliphatic carbocycles. The van der Waals surface area contributed by atoms with Gasteiger partial charge in [-0.1, -0.05) is 85.9 Å². The van der Waals surface area contributed by atoms with Crippen molar-refractivity contribution >= 4 is 65.7 Å². The molecule has 4 unspecified atom stereocenters. The Morgan fingerprint density at radius 1 is 1.02 bits per heavy atom. The van der Waals surface area contributed by atoms with Gasteiger partial charge in [-0.25, -0.2) is 9.36 Å².